The van der Waals surface area contributed by atoms with Gasteiger partial charge in [0, 0.05) is 49.1 Å². The van der Waals surface area contributed by atoms with Gasteiger partial charge in [-0.3, -0.25) is 9.67 Å². The molecule has 0 aromatic carbocycles. The van der Waals surface area contributed by atoms with Crippen molar-refractivity contribution in [3.63, 3.8) is 0 Å². The van der Waals surface area contributed by atoms with Gasteiger partial charge in [-0.1, -0.05) is 6.08 Å². The molecule has 0 radical (unpaired) electrons. The van der Waals surface area contributed by atoms with Crippen LogP contribution in [-0.4, -0.2) is 47.7 Å². The minimum atomic E-state index is 0.679. The molecule has 1 aliphatic heterocycles. The number of aromatic nitrogens is 7. The molecule has 1 fully saturated rings. The van der Waals surface area contributed by atoms with Gasteiger partial charge < -0.3 is 5.32 Å². The highest BCUT2D eigenvalue weighted by atomic mass is 15.4. The number of hydrogen-bond donors (Lipinski definition) is 1. The van der Waals surface area contributed by atoms with Crippen LogP contribution in [0.3, 0.4) is 0 Å². The van der Waals surface area contributed by atoms with Gasteiger partial charge in [0.2, 0.25) is 0 Å². The van der Waals surface area contributed by atoms with Crippen LogP contribution in [0.2, 0.25) is 0 Å². The van der Waals surface area contributed by atoms with Crippen LogP contribution in [0.15, 0.2) is 48.4 Å². The van der Waals surface area contributed by atoms with Crippen LogP contribution in [0, 0.1) is 12.8 Å². The number of pyridine rings is 1. The third kappa shape index (κ3) is 3.44. The third-order valence-electron chi connectivity index (χ3n) is 5.86. The number of hydrogen-bond acceptors (Lipinski definition) is 6. The number of nitrogens with one attached hydrogen (secondary N) is 1. The van der Waals surface area contributed by atoms with Gasteiger partial charge in [0.05, 0.1) is 17.6 Å². The van der Waals surface area contributed by atoms with E-state index < -0.39 is 0 Å². The van der Waals surface area contributed by atoms with E-state index in [1.165, 1.54) is 5.56 Å². The molecular weight excluding hydrogens is 388 g/mol. The van der Waals surface area contributed by atoms with Crippen molar-refractivity contribution in [1.29, 1.82) is 0 Å². The van der Waals surface area contributed by atoms with Crippen molar-refractivity contribution in [1.82, 2.24) is 39.9 Å². The Labute approximate surface area is 179 Å². The molecule has 0 bridgehead atoms. The Morgan fingerprint density at radius 2 is 2.06 bits per heavy atom. The lowest BCUT2D eigenvalue weighted by molar-refractivity contribution is 0.295. The molecule has 0 amide bonds. The molecule has 154 valence electrons. The van der Waals surface area contributed by atoms with Crippen LogP contribution in [-0.2, 0) is 13.0 Å². The molecule has 4 aromatic rings. The minimum absolute atomic E-state index is 0.679. The number of fused-ring (bicyclic) bond motifs is 2. The largest absolute Gasteiger partial charge is 0.316 e. The summed E-state index contributed by atoms with van der Waals surface area (Å²) < 4.78 is 3.82. The normalized spacial score (nSPS) is 17.3. The van der Waals surface area contributed by atoms with Gasteiger partial charge in [-0.25, -0.2) is 0 Å². The predicted molar refractivity (Wildman–Crippen MR) is 118 cm³/mol. The Balaban J connectivity index is 1.27. The van der Waals surface area contributed by atoms with E-state index in [4.69, 9.17) is 0 Å². The van der Waals surface area contributed by atoms with E-state index in [9.17, 15) is 0 Å². The first-order valence-corrected chi connectivity index (χ1v) is 10.5. The third-order valence-corrected chi connectivity index (χ3v) is 5.86. The highest BCUT2D eigenvalue weighted by Gasteiger charge is 2.18. The molecule has 4 aromatic heterocycles. The molecule has 1 saturated heterocycles. The summed E-state index contributed by atoms with van der Waals surface area (Å²) in [6, 6.07) is 6.09. The second kappa shape index (κ2) is 7.24. The summed E-state index contributed by atoms with van der Waals surface area (Å²) in [7, 11) is 0. The second-order valence-corrected chi connectivity index (χ2v) is 8.28. The highest BCUT2D eigenvalue weighted by Crippen LogP contribution is 2.27. The van der Waals surface area contributed by atoms with Gasteiger partial charge in [-0.05, 0) is 54.8 Å². The SMILES string of the molecule is Cc1ccc2nnc(C=C3C=Cc4ncc(-c5cnn(CC6CNC6)c5)cc4C3)n2n1. The second-order valence-electron chi connectivity index (χ2n) is 8.28. The monoisotopic (exact) mass is 410 g/mol. The number of aryl methyl sites for hydroxylation is 1. The van der Waals surface area contributed by atoms with Crippen LogP contribution in [0.5, 0.6) is 0 Å². The predicted octanol–water partition coefficient (Wildman–Crippen LogP) is 2.56. The molecule has 2 aliphatic rings. The van der Waals surface area contributed by atoms with Crippen molar-refractivity contribution in [2.45, 2.75) is 19.9 Å². The van der Waals surface area contributed by atoms with Gasteiger partial charge >= 0.3 is 0 Å². The first-order chi connectivity index (χ1) is 15.2. The molecule has 5 heterocycles. The van der Waals surface area contributed by atoms with Crippen molar-refractivity contribution >= 4 is 17.8 Å². The average Bonchev–Trinajstić information content (AvgIpc) is 3.37. The lowest BCUT2D eigenvalue weighted by Crippen LogP contribution is -2.44. The zero-order valence-corrected chi connectivity index (χ0v) is 17.2. The number of allylic oxidation sites excluding steroid dienone is 2. The molecule has 0 spiro atoms. The topological polar surface area (TPSA) is 85.8 Å². The molecule has 1 aliphatic carbocycles. The highest BCUT2D eigenvalue weighted by molar-refractivity contribution is 5.69. The Bertz CT molecular complexity index is 1340. The summed E-state index contributed by atoms with van der Waals surface area (Å²) in [5.41, 5.74) is 7.23. The molecule has 0 atom stereocenters. The van der Waals surface area contributed by atoms with E-state index in [1.54, 1.807) is 4.52 Å². The maximum absolute atomic E-state index is 4.68. The summed E-state index contributed by atoms with van der Waals surface area (Å²) in [6.45, 7) is 5.08. The molecule has 0 saturated carbocycles. The lowest BCUT2D eigenvalue weighted by Gasteiger charge is -2.26. The summed E-state index contributed by atoms with van der Waals surface area (Å²) >= 11 is 0. The van der Waals surface area contributed by atoms with E-state index in [2.05, 4.69) is 55.1 Å². The zero-order chi connectivity index (χ0) is 20.8. The van der Waals surface area contributed by atoms with E-state index in [0.717, 1.165) is 65.6 Å². The molecular formula is C23H22N8. The molecule has 31 heavy (non-hydrogen) atoms. The van der Waals surface area contributed by atoms with Crippen LogP contribution in [0.1, 0.15) is 22.8 Å². The maximum Gasteiger partial charge on any atom is 0.178 e. The van der Waals surface area contributed by atoms with Crippen LogP contribution in [0.25, 0.3) is 28.9 Å². The smallest absolute Gasteiger partial charge is 0.178 e. The van der Waals surface area contributed by atoms with E-state index in [1.807, 2.05) is 42.2 Å². The maximum atomic E-state index is 4.68. The number of rotatable bonds is 4. The van der Waals surface area contributed by atoms with Crippen molar-refractivity contribution in [3.8, 4) is 11.1 Å². The Kier molecular flexibility index (Phi) is 4.24. The van der Waals surface area contributed by atoms with Crippen LogP contribution < -0.4 is 5.32 Å². The van der Waals surface area contributed by atoms with Gasteiger partial charge in [0.25, 0.3) is 0 Å². The van der Waals surface area contributed by atoms with Crippen molar-refractivity contribution in [3.05, 3.63) is 71.2 Å². The van der Waals surface area contributed by atoms with Gasteiger partial charge in [-0.2, -0.15) is 14.7 Å². The van der Waals surface area contributed by atoms with Gasteiger partial charge in [0.1, 0.15) is 0 Å². The average molecular weight is 410 g/mol. The van der Waals surface area contributed by atoms with Crippen molar-refractivity contribution in [2.75, 3.05) is 13.1 Å². The van der Waals surface area contributed by atoms with Crippen LogP contribution in [0.4, 0.5) is 0 Å². The van der Waals surface area contributed by atoms with Crippen molar-refractivity contribution < 1.29 is 0 Å². The Morgan fingerprint density at radius 3 is 2.94 bits per heavy atom. The fourth-order valence-electron chi connectivity index (χ4n) is 4.04. The fourth-order valence-corrected chi connectivity index (χ4v) is 4.04. The fraction of sp³-hybridized carbons (Fsp3) is 0.261. The molecule has 0 unspecified atom stereocenters. The Morgan fingerprint density at radius 1 is 1.13 bits per heavy atom. The summed E-state index contributed by atoms with van der Waals surface area (Å²) in [5, 5.41) is 20.9. The molecule has 1 N–H and O–H groups in total. The molecule has 6 rings (SSSR count). The standard InChI is InChI=1S/C23H22N8/c1-15-2-5-22-27-28-23(31(22)29-15)7-16-3-4-21-18(6-16)8-19(11-25-21)20-12-26-30(14-20)13-17-9-24-10-17/h2-5,7-8,11-12,14,17,24H,6,9-10,13H2,1H3. The lowest BCUT2D eigenvalue weighted by atomic mass is 9.95. The van der Waals surface area contributed by atoms with Crippen molar-refractivity contribution in [2.24, 2.45) is 5.92 Å². The van der Waals surface area contributed by atoms with Gasteiger partial charge in [-0.15, -0.1) is 10.2 Å². The van der Waals surface area contributed by atoms with Gasteiger partial charge in [0.15, 0.2) is 11.5 Å². The van der Waals surface area contributed by atoms with E-state index >= 15 is 0 Å². The summed E-state index contributed by atoms with van der Waals surface area (Å²) in [5.74, 6) is 1.41. The van der Waals surface area contributed by atoms with E-state index in [0.29, 0.717) is 5.92 Å². The summed E-state index contributed by atoms with van der Waals surface area (Å²) in [6.07, 6.45) is 13.0. The number of nitrogens with zero attached hydrogens (tertiary/aromatic N) is 7. The van der Waals surface area contributed by atoms with Crippen LogP contribution >= 0.6 is 0 Å². The Hall–Kier alpha value is -3.65. The molecule has 8 nitrogen and oxygen atoms in total. The zero-order valence-electron chi connectivity index (χ0n) is 17.2. The minimum Gasteiger partial charge on any atom is -0.316 e. The summed E-state index contributed by atoms with van der Waals surface area (Å²) in [4.78, 5) is 4.68. The first-order valence-electron chi connectivity index (χ1n) is 10.5. The first kappa shape index (κ1) is 18.1. The quantitative estimate of drug-likeness (QED) is 0.557. The molecule has 8 heteroatoms. The van der Waals surface area contributed by atoms with E-state index in [-0.39, 0.29) is 0 Å².